The number of hydrogen-bond acceptors (Lipinski definition) is 4. The van der Waals surface area contributed by atoms with Crippen molar-refractivity contribution in [2.24, 2.45) is 0 Å². The number of carbonyl (C=O) groups excluding carboxylic acids is 1. The first-order valence-corrected chi connectivity index (χ1v) is 5.18. The molecule has 1 aromatic heterocycles. The van der Waals surface area contributed by atoms with Crippen LogP contribution in [-0.2, 0) is 4.74 Å². The highest BCUT2D eigenvalue weighted by molar-refractivity contribution is 5.99. The molecule has 5 nitrogen and oxygen atoms in total. The van der Waals surface area contributed by atoms with Gasteiger partial charge >= 0.3 is 6.09 Å². The maximum absolute atomic E-state index is 11.4. The van der Waals surface area contributed by atoms with Crippen LogP contribution in [0.25, 0.3) is 10.8 Å². The third-order valence-electron chi connectivity index (χ3n) is 2.24. The Bertz CT molecular complexity index is 523. The molecule has 2 rings (SSSR count). The number of aromatic nitrogens is 1. The second-order valence-electron chi connectivity index (χ2n) is 3.39. The van der Waals surface area contributed by atoms with Crippen LogP contribution in [0.5, 0.6) is 0 Å². The Morgan fingerprint density at radius 3 is 3.12 bits per heavy atom. The third-order valence-corrected chi connectivity index (χ3v) is 2.24. The Hall–Kier alpha value is -2.14. The van der Waals surface area contributed by atoms with Gasteiger partial charge in [0.25, 0.3) is 0 Å². The zero-order chi connectivity index (χ0) is 12.1. The summed E-state index contributed by atoms with van der Waals surface area (Å²) in [6.45, 7) is -0.209. The number of hydrogen-bond donors (Lipinski definition) is 2. The highest BCUT2D eigenvalue weighted by atomic mass is 16.6. The van der Waals surface area contributed by atoms with Crippen LogP contribution in [0.2, 0.25) is 0 Å². The quantitative estimate of drug-likeness (QED) is 0.846. The summed E-state index contributed by atoms with van der Waals surface area (Å²) in [4.78, 5) is 15.4. The molecule has 0 radical (unpaired) electrons. The molecule has 0 atom stereocenters. The summed E-state index contributed by atoms with van der Waals surface area (Å²) in [6.07, 6.45) is 2.78. The van der Waals surface area contributed by atoms with Crippen molar-refractivity contribution in [1.29, 1.82) is 0 Å². The topological polar surface area (TPSA) is 71.5 Å². The molecule has 0 fully saturated rings. The summed E-state index contributed by atoms with van der Waals surface area (Å²) in [6, 6.07) is 7.40. The minimum absolute atomic E-state index is 0.0190. The number of aliphatic hydroxyl groups is 1. The Kier molecular flexibility index (Phi) is 3.52. The van der Waals surface area contributed by atoms with Crippen molar-refractivity contribution in [3.05, 3.63) is 36.7 Å². The molecule has 1 aromatic carbocycles. The van der Waals surface area contributed by atoms with Gasteiger partial charge in [0, 0.05) is 17.8 Å². The van der Waals surface area contributed by atoms with Gasteiger partial charge in [-0.05, 0) is 17.5 Å². The van der Waals surface area contributed by atoms with Crippen molar-refractivity contribution >= 4 is 22.6 Å². The summed E-state index contributed by atoms with van der Waals surface area (Å²) in [5, 5.41) is 13.0. The standard InChI is InChI=1S/C12H12N2O3/c15-6-7-17-12(16)14-11-3-1-2-9-4-5-13-8-10(9)11/h1-5,8,15H,6-7H2,(H,14,16). The molecular weight excluding hydrogens is 220 g/mol. The second kappa shape index (κ2) is 5.27. The number of fused-ring (bicyclic) bond motifs is 1. The lowest BCUT2D eigenvalue weighted by Gasteiger charge is -2.08. The first-order valence-electron chi connectivity index (χ1n) is 5.18. The molecule has 2 N–H and O–H groups in total. The van der Waals surface area contributed by atoms with Crippen LogP contribution in [0.3, 0.4) is 0 Å². The molecule has 0 spiro atoms. The summed E-state index contributed by atoms with van der Waals surface area (Å²) >= 11 is 0. The van der Waals surface area contributed by atoms with Gasteiger partial charge in [0.05, 0.1) is 12.3 Å². The van der Waals surface area contributed by atoms with E-state index in [-0.39, 0.29) is 13.2 Å². The summed E-state index contributed by atoms with van der Waals surface area (Å²) < 4.78 is 4.72. The van der Waals surface area contributed by atoms with E-state index in [9.17, 15) is 4.79 Å². The summed E-state index contributed by atoms with van der Waals surface area (Å²) in [5.74, 6) is 0. The largest absolute Gasteiger partial charge is 0.447 e. The van der Waals surface area contributed by atoms with Crippen molar-refractivity contribution in [2.45, 2.75) is 0 Å². The smallest absolute Gasteiger partial charge is 0.411 e. The normalized spacial score (nSPS) is 10.2. The van der Waals surface area contributed by atoms with E-state index >= 15 is 0 Å². The molecule has 1 amide bonds. The molecule has 0 saturated heterocycles. The van der Waals surface area contributed by atoms with Crippen molar-refractivity contribution in [3.63, 3.8) is 0 Å². The predicted octanol–water partition coefficient (Wildman–Crippen LogP) is 1.78. The molecule has 17 heavy (non-hydrogen) atoms. The average Bonchev–Trinajstić information content (AvgIpc) is 2.37. The molecule has 0 aliphatic heterocycles. The molecule has 0 bridgehead atoms. The number of anilines is 1. The van der Waals surface area contributed by atoms with Crippen LogP contribution in [-0.4, -0.2) is 29.4 Å². The van der Waals surface area contributed by atoms with E-state index in [1.807, 2.05) is 18.2 Å². The van der Waals surface area contributed by atoms with Crippen molar-refractivity contribution < 1.29 is 14.6 Å². The predicted molar refractivity (Wildman–Crippen MR) is 63.8 cm³/mol. The van der Waals surface area contributed by atoms with Gasteiger partial charge in [0.15, 0.2) is 0 Å². The van der Waals surface area contributed by atoms with Gasteiger partial charge in [-0.3, -0.25) is 10.3 Å². The number of benzene rings is 1. The van der Waals surface area contributed by atoms with Crippen molar-refractivity contribution in [1.82, 2.24) is 4.98 Å². The highest BCUT2D eigenvalue weighted by Crippen LogP contribution is 2.21. The van der Waals surface area contributed by atoms with Crippen molar-refractivity contribution in [3.8, 4) is 0 Å². The molecular formula is C12H12N2O3. The van der Waals surface area contributed by atoms with Crippen LogP contribution in [0.4, 0.5) is 10.5 Å². The van der Waals surface area contributed by atoms with Gasteiger partial charge in [0.1, 0.15) is 6.61 Å². The molecule has 2 aromatic rings. The minimum atomic E-state index is -0.588. The first-order chi connectivity index (χ1) is 8.31. The number of carbonyl (C=O) groups is 1. The molecule has 5 heteroatoms. The lowest BCUT2D eigenvalue weighted by Crippen LogP contribution is -2.15. The van der Waals surface area contributed by atoms with Gasteiger partial charge in [-0.15, -0.1) is 0 Å². The second-order valence-corrected chi connectivity index (χ2v) is 3.39. The zero-order valence-electron chi connectivity index (χ0n) is 9.09. The van der Waals surface area contributed by atoms with Gasteiger partial charge in [-0.25, -0.2) is 4.79 Å². The van der Waals surface area contributed by atoms with E-state index in [0.29, 0.717) is 5.69 Å². The van der Waals surface area contributed by atoms with Gasteiger partial charge < -0.3 is 9.84 Å². The number of nitrogens with zero attached hydrogens (tertiary/aromatic N) is 1. The molecule has 0 aliphatic carbocycles. The van der Waals surface area contributed by atoms with Gasteiger partial charge in [-0.2, -0.15) is 0 Å². The fourth-order valence-electron chi connectivity index (χ4n) is 1.51. The van der Waals surface area contributed by atoms with Crippen LogP contribution < -0.4 is 5.32 Å². The number of ether oxygens (including phenoxy) is 1. The van der Waals surface area contributed by atoms with E-state index in [0.717, 1.165) is 10.8 Å². The Morgan fingerprint density at radius 2 is 2.29 bits per heavy atom. The van der Waals surface area contributed by atoms with Crippen LogP contribution in [0.1, 0.15) is 0 Å². The summed E-state index contributed by atoms with van der Waals surface area (Å²) in [5.41, 5.74) is 0.638. The SMILES string of the molecule is O=C(Nc1cccc2ccncc12)OCCO. The number of rotatable bonds is 3. The summed E-state index contributed by atoms with van der Waals surface area (Å²) in [7, 11) is 0. The lowest BCUT2D eigenvalue weighted by molar-refractivity contribution is 0.131. The lowest BCUT2D eigenvalue weighted by atomic mass is 10.1. The first kappa shape index (κ1) is 11.3. The Morgan fingerprint density at radius 1 is 1.41 bits per heavy atom. The van der Waals surface area contributed by atoms with E-state index in [2.05, 4.69) is 10.3 Å². The van der Waals surface area contributed by atoms with Gasteiger partial charge in [-0.1, -0.05) is 12.1 Å². The van der Waals surface area contributed by atoms with Crippen LogP contribution >= 0.6 is 0 Å². The molecule has 0 unspecified atom stereocenters. The number of aliphatic hydroxyl groups excluding tert-OH is 1. The Balaban J connectivity index is 2.21. The van der Waals surface area contributed by atoms with E-state index < -0.39 is 6.09 Å². The monoisotopic (exact) mass is 232 g/mol. The van der Waals surface area contributed by atoms with E-state index in [1.165, 1.54) is 0 Å². The number of pyridine rings is 1. The van der Waals surface area contributed by atoms with Crippen LogP contribution in [0, 0.1) is 0 Å². The molecule has 0 aliphatic rings. The maximum Gasteiger partial charge on any atom is 0.411 e. The highest BCUT2D eigenvalue weighted by Gasteiger charge is 2.05. The fourth-order valence-corrected chi connectivity index (χ4v) is 1.51. The minimum Gasteiger partial charge on any atom is -0.447 e. The molecule has 1 heterocycles. The van der Waals surface area contributed by atoms with E-state index in [4.69, 9.17) is 9.84 Å². The zero-order valence-corrected chi connectivity index (χ0v) is 9.09. The molecule has 0 saturated carbocycles. The van der Waals surface area contributed by atoms with Crippen molar-refractivity contribution in [2.75, 3.05) is 18.5 Å². The van der Waals surface area contributed by atoms with E-state index in [1.54, 1.807) is 18.5 Å². The van der Waals surface area contributed by atoms with Gasteiger partial charge in [0.2, 0.25) is 0 Å². The number of amides is 1. The maximum atomic E-state index is 11.4. The number of nitrogens with one attached hydrogen (secondary N) is 1. The average molecular weight is 232 g/mol. The third kappa shape index (κ3) is 2.70. The Labute approximate surface area is 98.0 Å². The fraction of sp³-hybridized carbons (Fsp3) is 0.167. The van der Waals surface area contributed by atoms with Crippen LogP contribution in [0.15, 0.2) is 36.7 Å². The molecule has 88 valence electrons.